The van der Waals surface area contributed by atoms with E-state index in [4.69, 9.17) is 27.3 Å². The van der Waals surface area contributed by atoms with Crippen molar-refractivity contribution < 1.29 is 14.3 Å². The lowest BCUT2D eigenvalue weighted by molar-refractivity contribution is -0.135. The Morgan fingerprint density at radius 3 is 2.62 bits per heavy atom. The molecule has 0 aliphatic heterocycles. The normalized spacial score (nSPS) is 10.6. The number of hydrogen-bond donors (Lipinski definition) is 1. The molecule has 0 aromatic heterocycles. The van der Waals surface area contributed by atoms with Crippen LogP contribution in [0, 0.1) is 11.3 Å². The van der Waals surface area contributed by atoms with Crippen LogP contribution in [0.5, 0.6) is 5.75 Å². The van der Waals surface area contributed by atoms with E-state index >= 15 is 0 Å². The molecule has 1 aromatic rings. The van der Waals surface area contributed by atoms with Crippen LogP contribution in [0.4, 0.5) is 0 Å². The maximum absolute atomic E-state index is 12.0. The van der Waals surface area contributed by atoms with Crippen molar-refractivity contribution in [2.45, 2.75) is 19.4 Å². The second-order valence-electron chi connectivity index (χ2n) is 4.92. The van der Waals surface area contributed by atoms with Gasteiger partial charge in [-0.1, -0.05) is 11.6 Å². The molecule has 0 atom stereocenters. The van der Waals surface area contributed by atoms with E-state index in [9.17, 15) is 9.59 Å². The van der Waals surface area contributed by atoms with Crippen molar-refractivity contribution in [3.05, 3.63) is 28.8 Å². The lowest BCUT2D eigenvalue weighted by atomic mass is 10.1. The van der Waals surface area contributed by atoms with Gasteiger partial charge in [0.05, 0.1) is 11.6 Å². The number of nitrogens with two attached hydrogens (primary N) is 1. The molecule has 1 aromatic carbocycles. The van der Waals surface area contributed by atoms with Gasteiger partial charge < -0.3 is 15.4 Å². The van der Waals surface area contributed by atoms with Crippen molar-refractivity contribution in [3.8, 4) is 11.8 Å². The Morgan fingerprint density at radius 2 is 2.10 bits per heavy atom. The number of amides is 2. The summed E-state index contributed by atoms with van der Waals surface area (Å²) in [5, 5.41) is 9.34. The van der Waals surface area contributed by atoms with Gasteiger partial charge in [-0.25, -0.2) is 0 Å². The second kappa shape index (κ2) is 6.46. The van der Waals surface area contributed by atoms with Crippen molar-refractivity contribution in [2.75, 3.05) is 13.7 Å². The highest BCUT2D eigenvalue weighted by atomic mass is 35.5. The van der Waals surface area contributed by atoms with Crippen molar-refractivity contribution in [3.63, 3.8) is 0 Å². The Hall–Kier alpha value is -2.26. The summed E-state index contributed by atoms with van der Waals surface area (Å²) < 4.78 is 5.32. The molecule has 0 heterocycles. The Bertz CT molecular complexity index is 608. The highest BCUT2D eigenvalue weighted by Crippen LogP contribution is 2.23. The third kappa shape index (κ3) is 4.10. The highest BCUT2D eigenvalue weighted by Gasteiger charge is 2.27. The lowest BCUT2D eigenvalue weighted by Gasteiger charge is -2.29. The molecule has 21 heavy (non-hydrogen) atoms. The molecule has 6 nitrogen and oxygen atoms in total. The van der Waals surface area contributed by atoms with Crippen molar-refractivity contribution in [1.82, 2.24) is 4.90 Å². The van der Waals surface area contributed by atoms with Gasteiger partial charge in [-0.3, -0.25) is 9.59 Å². The number of benzene rings is 1. The van der Waals surface area contributed by atoms with Gasteiger partial charge in [0.1, 0.15) is 11.3 Å². The number of carbonyl (C=O) groups excluding carboxylic acids is 2. The number of primary amides is 1. The first-order valence-corrected chi connectivity index (χ1v) is 6.47. The van der Waals surface area contributed by atoms with E-state index in [-0.39, 0.29) is 17.9 Å². The van der Waals surface area contributed by atoms with E-state index < -0.39 is 17.4 Å². The summed E-state index contributed by atoms with van der Waals surface area (Å²) >= 11 is 5.82. The molecule has 0 fully saturated rings. The topological polar surface area (TPSA) is 96.4 Å². The van der Waals surface area contributed by atoms with E-state index in [0.717, 1.165) is 0 Å². The fourth-order valence-electron chi connectivity index (χ4n) is 1.44. The molecule has 0 spiro atoms. The Balaban J connectivity index is 2.85. The number of halogens is 1. The van der Waals surface area contributed by atoms with E-state index in [1.807, 2.05) is 6.07 Å². The molecule has 0 bridgehead atoms. The van der Waals surface area contributed by atoms with E-state index in [0.29, 0.717) is 5.02 Å². The average molecular weight is 310 g/mol. The fourth-order valence-corrected chi connectivity index (χ4v) is 1.60. The van der Waals surface area contributed by atoms with Gasteiger partial charge in [-0.05, 0) is 32.0 Å². The largest absolute Gasteiger partial charge is 0.483 e. The molecule has 0 saturated heterocycles. The molecule has 0 unspecified atom stereocenters. The zero-order chi connectivity index (χ0) is 16.2. The summed E-state index contributed by atoms with van der Waals surface area (Å²) in [6.45, 7) is 2.89. The summed E-state index contributed by atoms with van der Waals surface area (Å²) in [6.07, 6.45) is 0. The van der Waals surface area contributed by atoms with Crippen LogP contribution in [0.2, 0.25) is 5.02 Å². The SMILES string of the molecule is CN(C(=O)COc1cc(Cl)ccc1C(N)=O)C(C)(C)C#N. The van der Waals surface area contributed by atoms with Gasteiger partial charge in [0.25, 0.3) is 11.8 Å². The Morgan fingerprint density at radius 1 is 1.48 bits per heavy atom. The van der Waals surface area contributed by atoms with Crippen LogP contribution in [0.15, 0.2) is 18.2 Å². The van der Waals surface area contributed by atoms with Crippen LogP contribution in [-0.4, -0.2) is 35.9 Å². The van der Waals surface area contributed by atoms with Crippen LogP contribution in [0.25, 0.3) is 0 Å². The number of rotatable bonds is 5. The molecule has 0 aliphatic carbocycles. The summed E-state index contributed by atoms with van der Waals surface area (Å²) in [5.41, 5.74) is 4.40. The van der Waals surface area contributed by atoms with Gasteiger partial charge in [0.15, 0.2) is 6.61 Å². The molecule has 2 amide bonds. The Labute approximate surface area is 128 Å². The number of nitrogens with zero attached hydrogens (tertiary/aromatic N) is 2. The third-order valence-electron chi connectivity index (χ3n) is 3.05. The fraction of sp³-hybridized carbons (Fsp3) is 0.357. The van der Waals surface area contributed by atoms with Crippen molar-refractivity contribution in [1.29, 1.82) is 5.26 Å². The molecule has 7 heteroatoms. The molecular weight excluding hydrogens is 294 g/mol. The van der Waals surface area contributed by atoms with Gasteiger partial charge in [0, 0.05) is 12.1 Å². The number of nitriles is 1. The molecule has 112 valence electrons. The van der Waals surface area contributed by atoms with Crippen LogP contribution < -0.4 is 10.5 Å². The first-order valence-electron chi connectivity index (χ1n) is 6.09. The second-order valence-corrected chi connectivity index (χ2v) is 5.35. The molecule has 0 aliphatic rings. The van der Waals surface area contributed by atoms with Crippen LogP contribution in [-0.2, 0) is 4.79 Å². The standard InChI is InChI=1S/C14H16ClN3O3/c1-14(2,8-16)18(3)12(19)7-21-11-6-9(15)4-5-10(11)13(17)20/h4-6H,7H2,1-3H3,(H2,17,20). The zero-order valence-electron chi connectivity index (χ0n) is 12.0. The monoisotopic (exact) mass is 309 g/mol. The average Bonchev–Trinajstić information content (AvgIpc) is 2.43. The van der Waals surface area contributed by atoms with Crippen molar-refractivity contribution in [2.24, 2.45) is 5.73 Å². The van der Waals surface area contributed by atoms with Crippen LogP contribution in [0.1, 0.15) is 24.2 Å². The van der Waals surface area contributed by atoms with Gasteiger partial charge in [-0.15, -0.1) is 0 Å². The van der Waals surface area contributed by atoms with Gasteiger partial charge >= 0.3 is 0 Å². The lowest BCUT2D eigenvalue weighted by Crippen LogP contribution is -2.46. The van der Waals surface area contributed by atoms with E-state index in [2.05, 4.69) is 0 Å². The predicted molar refractivity (Wildman–Crippen MR) is 77.9 cm³/mol. The van der Waals surface area contributed by atoms with Crippen LogP contribution in [0.3, 0.4) is 0 Å². The summed E-state index contributed by atoms with van der Waals surface area (Å²) in [4.78, 5) is 24.5. The zero-order valence-corrected chi connectivity index (χ0v) is 12.8. The molecule has 2 N–H and O–H groups in total. The number of carbonyl (C=O) groups is 2. The Kier molecular flexibility index (Phi) is 5.17. The first kappa shape index (κ1) is 16.8. The minimum absolute atomic E-state index is 0.131. The first-order chi connectivity index (χ1) is 9.69. The molecule has 0 radical (unpaired) electrons. The van der Waals surface area contributed by atoms with Crippen molar-refractivity contribution >= 4 is 23.4 Å². The maximum atomic E-state index is 12.0. The van der Waals surface area contributed by atoms with E-state index in [1.165, 1.54) is 30.1 Å². The minimum Gasteiger partial charge on any atom is -0.483 e. The highest BCUT2D eigenvalue weighted by molar-refractivity contribution is 6.30. The van der Waals surface area contributed by atoms with Gasteiger partial charge in [-0.2, -0.15) is 5.26 Å². The quantitative estimate of drug-likeness (QED) is 0.893. The predicted octanol–water partition coefficient (Wildman–Crippen LogP) is 1.58. The number of likely N-dealkylation sites (N-methyl/N-ethyl adjacent to an activating group) is 1. The van der Waals surface area contributed by atoms with E-state index in [1.54, 1.807) is 13.8 Å². The summed E-state index contributed by atoms with van der Waals surface area (Å²) in [7, 11) is 1.50. The minimum atomic E-state index is -0.957. The molecular formula is C14H16ClN3O3. The number of ether oxygens (including phenoxy) is 1. The molecule has 1 rings (SSSR count). The molecule has 0 saturated carbocycles. The van der Waals surface area contributed by atoms with Gasteiger partial charge in [0.2, 0.25) is 0 Å². The summed E-state index contributed by atoms with van der Waals surface area (Å²) in [5.74, 6) is -0.955. The smallest absolute Gasteiger partial charge is 0.261 e. The maximum Gasteiger partial charge on any atom is 0.261 e. The van der Waals surface area contributed by atoms with Crippen LogP contribution >= 0.6 is 11.6 Å². The third-order valence-corrected chi connectivity index (χ3v) is 3.28. The number of hydrogen-bond acceptors (Lipinski definition) is 4. The summed E-state index contributed by atoms with van der Waals surface area (Å²) in [6, 6.07) is 6.35.